The molecule has 0 unspecified atom stereocenters. The molecule has 0 radical (unpaired) electrons. The third kappa shape index (κ3) is 3.11. The molecule has 5 nitrogen and oxygen atoms in total. The Kier molecular flexibility index (Phi) is 4.27. The summed E-state index contributed by atoms with van der Waals surface area (Å²) in [6.45, 7) is 2.24. The lowest BCUT2D eigenvalue weighted by Gasteiger charge is -2.18. The maximum absolute atomic E-state index is 12.4. The van der Waals surface area contributed by atoms with Crippen molar-refractivity contribution in [2.45, 2.75) is 12.8 Å². The molecule has 26 heavy (non-hydrogen) atoms. The van der Waals surface area contributed by atoms with Crippen LogP contribution in [0, 0.1) is 6.92 Å². The molecular formula is C21H19N3O2. The van der Waals surface area contributed by atoms with Crippen molar-refractivity contribution in [1.82, 2.24) is 15.5 Å². The first-order valence-corrected chi connectivity index (χ1v) is 8.55. The van der Waals surface area contributed by atoms with Crippen LogP contribution in [0.3, 0.4) is 0 Å². The van der Waals surface area contributed by atoms with Crippen LogP contribution in [0.25, 0.3) is 10.9 Å². The van der Waals surface area contributed by atoms with E-state index in [1.54, 1.807) is 13.0 Å². The Morgan fingerprint density at radius 1 is 1.15 bits per heavy atom. The number of rotatable bonds is 5. The number of fused-ring (bicyclic) bond motifs is 1. The minimum absolute atomic E-state index is 0.0318. The molecule has 5 heteroatoms. The van der Waals surface area contributed by atoms with Crippen LogP contribution in [0.15, 0.2) is 71.4 Å². The summed E-state index contributed by atoms with van der Waals surface area (Å²) in [5, 5.41) is 7.93. The van der Waals surface area contributed by atoms with Crippen LogP contribution in [0.2, 0.25) is 0 Å². The van der Waals surface area contributed by atoms with Gasteiger partial charge in [0.1, 0.15) is 5.76 Å². The highest BCUT2D eigenvalue weighted by Crippen LogP contribution is 2.30. The number of carbonyl (C=O) groups excluding carboxylic acids is 1. The van der Waals surface area contributed by atoms with Crippen LogP contribution < -0.4 is 5.32 Å². The van der Waals surface area contributed by atoms with E-state index in [0.29, 0.717) is 18.0 Å². The molecule has 0 saturated heterocycles. The molecule has 0 fully saturated rings. The van der Waals surface area contributed by atoms with E-state index >= 15 is 0 Å². The molecule has 1 atom stereocenters. The molecule has 0 spiro atoms. The van der Waals surface area contributed by atoms with Gasteiger partial charge in [-0.1, -0.05) is 53.7 Å². The molecule has 2 aromatic heterocycles. The standard InChI is InChI=1S/C21H19N3O2/c1-14-11-20(24-26-14)21(25)23-12-17(15-7-3-2-4-8-15)18-13-22-19-10-6-5-9-16(18)19/h2-11,13,17,22H,12H2,1H3,(H,23,25)/t17-/m1/s1. The van der Waals surface area contributed by atoms with E-state index in [0.717, 1.165) is 22.0 Å². The number of para-hydroxylation sites is 1. The number of aromatic nitrogens is 2. The van der Waals surface area contributed by atoms with Gasteiger partial charge in [-0.25, -0.2) is 0 Å². The SMILES string of the molecule is Cc1cc(C(=O)NC[C@H](c2ccccc2)c2c[nH]c3ccccc23)no1. The van der Waals surface area contributed by atoms with Crippen molar-refractivity contribution in [3.63, 3.8) is 0 Å². The average Bonchev–Trinajstić information content (AvgIpc) is 3.29. The highest BCUT2D eigenvalue weighted by Gasteiger charge is 2.20. The lowest BCUT2D eigenvalue weighted by Crippen LogP contribution is -2.29. The minimum Gasteiger partial charge on any atom is -0.361 e. The summed E-state index contributed by atoms with van der Waals surface area (Å²) in [6, 6.07) is 20.0. The molecule has 0 saturated carbocycles. The maximum Gasteiger partial charge on any atom is 0.273 e. The number of H-pyrrole nitrogens is 1. The van der Waals surface area contributed by atoms with Crippen LogP contribution >= 0.6 is 0 Å². The number of aromatic amines is 1. The summed E-state index contributed by atoms with van der Waals surface area (Å²) in [7, 11) is 0. The van der Waals surface area contributed by atoms with E-state index < -0.39 is 0 Å². The number of nitrogens with zero attached hydrogens (tertiary/aromatic N) is 1. The third-order valence-electron chi connectivity index (χ3n) is 4.53. The Labute approximate surface area is 151 Å². The zero-order valence-corrected chi connectivity index (χ0v) is 14.4. The summed E-state index contributed by atoms with van der Waals surface area (Å²) in [5.41, 5.74) is 3.69. The largest absolute Gasteiger partial charge is 0.361 e. The lowest BCUT2D eigenvalue weighted by molar-refractivity contribution is 0.0943. The lowest BCUT2D eigenvalue weighted by atomic mass is 9.91. The Bertz CT molecular complexity index is 1030. The summed E-state index contributed by atoms with van der Waals surface area (Å²) in [5.74, 6) is 0.415. The van der Waals surface area contributed by atoms with Gasteiger partial charge in [0, 0.05) is 35.6 Å². The monoisotopic (exact) mass is 345 g/mol. The van der Waals surface area contributed by atoms with Gasteiger partial charge in [0.2, 0.25) is 0 Å². The summed E-state index contributed by atoms with van der Waals surface area (Å²) >= 11 is 0. The number of aryl methyl sites for hydroxylation is 1. The molecule has 4 rings (SSSR count). The topological polar surface area (TPSA) is 70.9 Å². The molecule has 2 heterocycles. The van der Waals surface area contributed by atoms with Gasteiger partial charge in [0.05, 0.1) is 0 Å². The molecule has 2 N–H and O–H groups in total. The highest BCUT2D eigenvalue weighted by molar-refractivity contribution is 5.92. The van der Waals surface area contributed by atoms with Crippen LogP contribution in [-0.2, 0) is 0 Å². The van der Waals surface area contributed by atoms with Crippen LogP contribution in [0.5, 0.6) is 0 Å². The minimum atomic E-state index is -0.234. The molecule has 2 aromatic carbocycles. The van der Waals surface area contributed by atoms with Crippen LogP contribution in [-0.4, -0.2) is 22.6 Å². The fourth-order valence-corrected chi connectivity index (χ4v) is 3.23. The molecule has 4 aromatic rings. The van der Waals surface area contributed by atoms with E-state index in [1.165, 1.54) is 0 Å². The van der Waals surface area contributed by atoms with E-state index in [2.05, 4.69) is 39.7 Å². The number of nitrogens with one attached hydrogen (secondary N) is 2. The molecular weight excluding hydrogens is 326 g/mol. The normalized spacial score (nSPS) is 12.2. The Morgan fingerprint density at radius 2 is 1.92 bits per heavy atom. The number of carbonyl (C=O) groups is 1. The van der Waals surface area contributed by atoms with Crippen molar-refractivity contribution < 1.29 is 9.32 Å². The van der Waals surface area contributed by atoms with E-state index in [1.807, 2.05) is 36.5 Å². The second-order valence-corrected chi connectivity index (χ2v) is 6.29. The Hall–Kier alpha value is -3.34. The first-order valence-electron chi connectivity index (χ1n) is 8.55. The first kappa shape index (κ1) is 16.1. The number of hydrogen-bond acceptors (Lipinski definition) is 3. The molecule has 0 aliphatic heterocycles. The van der Waals surface area contributed by atoms with Gasteiger partial charge in [-0.2, -0.15) is 0 Å². The fraction of sp³-hybridized carbons (Fsp3) is 0.143. The van der Waals surface area contributed by atoms with Crippen LogP contribution in [0.1, 0.15) is 33.3 Å². The van der Waals surface area contributed by atoms with Gasteiger partial charge in [-0.05, 0) is 24.1 Å². The second-order valence-electron chi connectivity index (χ2n) is 6.29. The summed E-state index contributed by atoms with van der Waals surface area (Å²) in [4.78, 5) is 15.7. The van der Waals surface area contributed by atoms with E-state index in [-0.39, 0.29) is 11.8 Å². The number of amides is 1. The summed E-state index contributed by atoms with van der Waals surface area (Å²) < 4.78 is 4.99. The van der Waals surface area contributed by atoms with E-state index in [4.69, 9.17) is 4.52 Å². The van der Waals surface area contributed by atoms with Gasteiger partial charge in [0.15, 0.2) is 5.69 Å². The predicted molar refractivity (Wildman–Crippen MR) is 100 cm³/mol. The molecule has 0 bridgehead atoms. The summed E-state index contributed by atoms with van der Waals surface area (Å²) in [6.07, 6.45) is 2.02. The van der Waals surface area contributed by atoms with Crippen molar-refractivity contribution in [1.29, 1.82) is 0 Å². The third-order valence-corrected chi connectivity index (χ3v) is 4.53. The average molecular weight is 345 g/mol. The molecule has 0 aliphatic rings. The predicted octanol–water partition coefficient (Wildman–Crippen LogP) is 4.03. The van der Waals surface area contributed by atoms with Gasteiger partial charge in [0.25, 0.3) is 5.91 Å². The van der Waals surface area contributed by atoms with Crippen molar-refractivity contribution in [3.8, 4) is 0 Å². The van der Waals surface area contributed by atoms with Crippen molar-refractivity contribution in [2.75, 3.05) is 6.54 Å². The fourth-order valence-electron chi connectivity index (χ4n) is 3.23. The van der Waals surface area contributed by atoms with Gasteiger partial charge in [-0.3, -0.25) is 4.79 Å². The van der Waals surface area contributed by atoms with Crippen molar-refractivity contribution in [3.05, 3.63) is 89.4 Å². The Morgan fingerprint density at radius 3 is 2.69 bits per heavy atom. The van der Waals surface area contributed by atoms with Gasteiger partial charge < -0.3 is 14.8 Å². The molecule has 130 valence electrons. The Balaban J connectivity index is 1.65. The highest BCUT2D eigenvalue weighted by atomic mass is 16.5. The smallest absolute Gasteiger partial charge is 0.273 e. The van der Waals surface area contributed by atoms with Crippen molar-refractivity contribution in [2.24, 2.45) is 0 Å². The number of hydrogen-bond donors (Lipinski definition) is 2. The van der Waals surface area contributed by atoms with Gasteiger partial charge >= 0.3 is 0 Å². The maximum atomic E-state index is 12.4. The zero-order chi connectivity index (χ0) is 17.9. The van der Waals surface area contributed by atoms with Gasteiger partial charge in [-0.15, -0.1) is 0 Å². The molecule has 1 amide bonds. The second kappa shape index (κ2) is 6.88. The molecule has 0 aliphatic carbocycles. The quantitative estimate of drug-likeness (QED) is 0.574. The van der Waals surface area contributed by atoms with E-state index in [9.17, 15) is 4.79 Å². The first-order chi connectivity index (χ1) is 12.7. The van der Waals surface area contributed by atoms with Crippen LogP contribution in [0.4, 0.5) is 0 Å². The number of benzene rings is 2. The van der Waals surface area contributed by atoms with Crippen molar-refractivity contribution >= 4 is 16.8 Å². The zero-order valence-electron chi connectivity index (χ0n) is 14.4.